The second-order valence-corrected chi connectivity index (χ2v) is 4.19. The quantitative estimate of drug-likeness (QED) is 0.873. The van der Waals surface area contributed by atoms with Gasteiger partial charge in [0.05, 0.1) is 17.6 Å². The zero-order valence-corrected chi connectivity index (χ0v) is 10.6. The topological polar surface area (TPSA) is 42.7 Å². The Morgan fingerprint density at radius 3 is 2.76 bits per heavy atom. The largest absolute Gasteiger partial charge is 0.311 e. The lowest BCUT2D eigenvalue weighted by atomic mass is 10.1. The molecule has 0 fully saturated rings. The molecule has 4 heteroatoms. The first-order valence-corrected chi connectivity index (χ1v) is 5.90. The number of rotatable bonds is 4. The minimum atomic E-state index is 0.788. The summed E-state index contributed by atoms with van der Waals surface area (Å²) in [6.07, 6.45) is 1.80. The molecule has 0 aliphatic carbocycles. The molecule has 0 spiro atoms. The first-order valence-electron chi connectivity index (χ1n) is 5.90. The smallest absolute Gasteiger partial charge is 0.0783 e. The summed E-state index contributed by atoms with van der Waals surface area (Å²) in [7, 11) is 0. The molecular formula is C13H18N4. The first kappa shape index (κ1) is 11.8. The van der Waals surface area contributed by atoms with Crippen LogP contribution in [0.2, 0.25) is 0 Å². The lowest BCUT2D eigenvalue weighted by Gasteiger charge is -2.08. The highest BCUT2D eigenvalue weighted by Gasteiger charge is 2.06. The molecular weight excluding hydrogens is 212 g/mol. The molecule has 0 saturated heterocycles. The zero-order chi connectivity index (χ0) is 12.3. The fraction of sp³-hybridized carbons (Fsp3) is 0.385. The van der Waals surface area contributed by atoms with E-state index in [1.165, 1.54) is 11.1 Å². The molecule has 2 aromatic rings. The van der Waals surface area contributed by atoms with Gasteiger partial charge in [-0.15, -0.1) is 5.10 Å². The summed E-state index contributed by atoms with van der Waals surface area (Å²) in [4.78, 5) is 0. The summed E-state index contributed by atoms with van der Waals surface area (Å²) in [6.45, 7) is 8.04. The molecule has 1 aromatic carbocycles. The Morgan fingerprint density at radius 2 is 2.06 bits per heavy atom. The molecule has 0 bridgehead atoms. The summed E-state index contributed by atoms with van der Waals surface area (Å²) < 4.78 is 1.88. The highest BCUT2D eigenvalue weighted by Crippen LogP contribution is 2.14. The Labute approximate surface area is 102 Å². The molecule has 0 unspecified atom stereocenters. The second-order valence-electron chi connectivity index (χ2n) is 4.19. The van der Waals surface area contributed by atoms with Gasteiger partial charge < -0.3 is 5.32 Å². The van der Waals surface area contributed by atoms with Crippen LogP contribution in [0.1, 0.15) is 23.7 Å². The summed E-state index contributed by atoms with van der Waals surface area (Å²) >= 11 is 0. The van der Waals surface area contributed by atoms with E-state index < -0.39 is 0 Å². The van der Waals surface area contributed by atoms with Crippen LogP contribution in [-0.2, 0) is 6.54 Å². The number of aromatic nitrogens is 3. The summed E-state index contributed by atoms with van der Waals surface area (Å²) in [5, 5.41) is 11.4. The minimum absolute atomic E-state index is 0.788. The fourth-order valence-corrected chi connectivity index (χ4v) is 1.70. The molecule has 1 aromatic heterocycles. The van der Waals surface area contributed by atoms with Crippen molar-refractivity contribution >= 4 is 0 Å². The number of aryl methyl sites for hydroxylation is 2. The molecule has 1 N–H and O–H groups in total. The average molecular weight is 230 g/mol. The van der Waals surface area contributed by atoms with Crippen molar-refractivity contribution in [3.8, 4) is 5.69 Å². The number of hydrogen-bond acceptors (Lipinski definition) is 3. The van der Waals surface area contributed by atoms with Gasteiger partial charge >= 0.3 is 0 Å². The van der Waals surface area contributed by atoms with E-state index in [0.29, 0.717) is 0 Å². The molecule has 17 heavy (non-hydrogen) atoms. The van der Waals surface area contributed by atoms with Crippen molar-refractivity contribution in [2.75, 3.05) is 6.54 Å². The zero-order valence-electron chi connectivity index (χ0n) is 10.6. The van der Waals surface area contributed by atoms with E-state index in [4.69, 9.17) is 0 Å². The normalized spacial score (nSPS) is 10.8. The van der Waals surface area contributed by atoms with E-state index in [9.17, 15) is 0 Å². The van der Waals surface area contributed by atoms with Gasteiger partial charge in [0.15, 0.2) is 0 Å². The first-order chi connectivity index (χ1) is 8.22. The lowest BCUT2D eigenvalue weighted by Crippen LogP contribution is -2.15. The van der Waals surface area contributed by atoms with E-state index >= 15 is 0 Å². The van der Waals surface area contributed by atoms with Crippen LogP contribution in [0.4, 0.5) is 0 Å². The van der Waals surface area contributed by atoms with Gasteiger partial charge in [-0.2, -0.15) is 0 Å². The molecule has 2 rings (SSSR count). The van der Waals surface area contributed by atoms with Gasteiger partial charge in [0.2, 0.25) is 0 Å². The standard InChI is InChI=1S/C13H18N4/c1-4-14-8-13-9-15-16-17(13)12-6-5-10(2)11(3)7-12/h5-7,9,14H,4,8H2,1-3H3. The van der Waals surface area contributed by atoms with Crippen LogP contribution in [0.3, 0.4) is 0 Å². The third-order valence-electron chi connectivity index (χ3n) is 2.91. The van der Waals surface area contributed by atoms with Crippen molar-refractivity contribution in [2.24, 2.45) is 0 Å². The van der Waals surface area contributed by atoms with E-state index in [1.54, 1.807) is 6.20 Å². The second kappa shape index (κ2) is 5.10. The van der Waals surface area contributed by atoms with Crippen LogP contribution in [0.15, 0.2) is 24.4 Å². The van der Waals surface area contributed by atoms with Gasteiger partial charge in [-0.3, -0.25) is 0 Å². The predicted molar refractivity (Wildman–Crippen MR) is 68.2 cm³/mol. The Bertz CT molecular complexity index is 502. The van der Waals surface area contributed by atoms with Crippen molar-refractivity contribution in [1.82, 2.24) is 20.3 Å². The third kappa shape index (κ3) is 2.53. The van der Waals surface area contributed by atoms with Crippen molar-refractivity contribution in [3.05, 3.63) is 41.2 Å². The molecule has 4 nitrogen and oxygen atoms in total. The average Bonchev–Trinajstić information content (AvgIpc) is 2.78. The van der Waals surface area contributed by atoms with Crippen molar-refractivity contribution < 1.29 is 0 Å². The van der Waals surface area contributed by atoms with E-state index in [1.807, 2.05) is 4.68 Å². The van der Waals surface area contributed by atoms with E-state index in [0.717, 1.165) is 24.5 Å². The highest BCUT2D eigenvalue weighted by atomic mass is 15.4. The third-order valence-corrected chi connectivity index (χ3v) is 2.91. The van der Waals surface area contributed by atoms with Gasteiger partial charge in [0, 0.05) is 6.54 Å². The molecule has 0 amide bonds. The molecule has 0 saturated carbocycles. The molecule has 0 atom stereocenters. The maximum atomic E-state index is 4.14. The van der Waals surface area contributed by atoms with Gasteiger partial charge in [-0.25, -0.2) is 4.68 Å². The summed E-state index contributed by atoms with van der Waals surface area (Å²) in [6, 6.07) is 6.33. The maximum Gasteiger partial charge on any atom is 0.0783 e. The van der Waals surface area contributed by atoms with Crippen molar-refractivity contribution in [3.63, 3.8) is 0 Å². The van der Waals surface area contributed by atoms with Gasteiger partial charge in [0.1, 0.15) is 0 Å². The predicted octanol–water partition coefficient (Wildman–Crippen LogP) is 1.99. The van der Waals surface area contributed by atoms with Crippen molar-refractivity contribution in [2.45, 2.75) is 27.3 Å². The Kier molecular flexibility index (Phi) is 3.54. The molecule has 0 aliphatic heterocycles. The van der Waals surface area contributed by atoms with Gasteiger partial charge in [-0.1, -0.05) is 18.2 Å². The molecule has 0 aliphatic rings. The van der Waals surface area contributed by atoms with Crippen LogP contribution in [-0.4, -0.2) is 21.5 Å². The Morgan fingerprint density at radius 1 is 1.24 bits per heavy atom. The minimum Gasteiger partial charge on any atom is -0.311 e. The maximum absolute atomic E-state index is 4.14. The van der Waals surface area contributed by atoms with Crippen LogP contribution in [0.5, 0.6) is 0 Å². The van der Waals surface area contributed by atoms with Gasteiger partial charge in [0.25, 0.3) is 0 Å². The monoisotopic (exact) mass is 230 g/mol. The van der Waals surface area contributed by atoms with Crippen molar-refractivity contribution in [1.29, 1.82) is 0 Å². The van der Waals surface area contributed by atoms with Crippen LogP contribution in [0, 0.1) is 13.8 Å². The van der Waals surface area contributed by atoms with Gasteiger partial charge in [-0.05, 0) is 43.7 Å². The molecule has 90 valence electrons. The highest BCUT2D eigenvalue weighted by molar-refractivity contribution is 5.39. The van der Waals surface area contributed by atoms with E-state index in [2.05, 4.69) is 54.6 Å². The SMILES string of the molecule is CCNCc1cnnn1-c1ccc(C)c(C)c1. The van der Waals surface area contributed by atoms with Crippen LogP contribution >= 0.6 is 0 Å². The number of benzene rings is 1. The molecule has 1 heterocycles. The number of hydrogen-bond donors (Lipinski definition) is 1. The fourth-order valence-electron chi connectivity index (χ4n) is 1.70. The Hall–Kier alpha value is -1.68. The number of nitrogens with one attached hydrogen (secondary N) is 1. The Balaban J connectivity index is 2.32. The van der Waals surface area contributed by atoms with Crippen LogP contribution < -0.4 is 5.32 Å². The lowest BCUT2D eigenvalue weighted by molar-refractivity contribution is 0.672. The summed E-state index contributed by atoms with van der Waals surface area (Å²) in [5.41, 5.74) is 4.71. The number of nitrogens with zero attached hydrogens (tertiary/aromatic N) is 3. The van der Waals surface area contributed by atoms with Crippen LogP contribution in [0.25, 0.3) is 5.69 Å². The summed E-state index contributed by atoms with van der Waals surface area (Å²) in [5.74, 6) is 0. The molecule has 0 radical (unpaired) electrons. The van der Waals surface area contributed by atoms with E-state index in [-0.39, 0.29) is 0 Å².